The van der Waals surface area contributed by atoms with E-state index in [1.165, 1.54) is 17.7 Å². The summed E-state index contributed by atoms with van der Waals surface area (Å²) in [6, 6.07) is 12.7. The first-order chi connectivity index (χ1) is 9.10. The molecule has 0 fully saturated rings. The van der Waals surface area contributed by atoms with Crippen LogP contribution in [0.25, 0.3) is 0 Å². The molecule has 1 unspecified atom stereocenters. The first kappa shape index (κ1) is 14.1. The molecule has 0 amide bonds. The zero-order chi connectivity index (χ0) is 13.8. The van der Waals surface area contributed by atoms with E-state index in [4.69, 9.17) is 4.74 Å². The topological polar surface area (TPSA) is 9.23 Å². The summed E-state index contributed by atoms with van der Waals surface area (Å²) >= 11 is 3.69. The van der Waals surface area contributed by atoms with E-state index in [0.717, 1.165) is 23.3 Å². The van der Waals surface area contributed by atoms with Crippen molar-refractivity contribution >= 4 is 15.9 Å². The summed E-state index contributed by atoms with van der Waals surface area (Å²) in [7, 11) is 1.67. The summed E-state index contributed by atoms with van der Waals surface area (Å²) in [5, 5.41) is 0. The Morgan fingerprint density at radius 2 is 1.84 bits per heavy atom. The summed E-state index contributed by atoms with van der Waals surface area (Å²) in [5.74, 6) is 0.664. The van der Waals surface area contributed by atoms with Gasteiger partial charge in [-0.2, -0.15) is 0 Å². The van der Waals surface area contributed by atoms with Gasteiger partial charge in [0.05, 0.1) is 7.11 Å². The number of rotatable bonds is 4. The molecule has 0 spiro atoms. The Kier molecular flexibility index (Phi) is 4.59. The first-order valence-electron chi connectivity index (χ1n) is 6.13. The quantitative estimate of drug-likeness (QED) is 0.733. The number of aryl methyl sites for hydroxylation is 1. The number of halogens is 2. The predicted octanol–water partition coefficient (Wildman–Crippen LogP) is 4.82. The molecule has 0 aromatic heterocycles. The van der Waals surface area contributed by atoms with Gasteiger partial charge in [0.1, 0.15) is 11.6 Å². The van der Waals surface area contributed by atoms with Crippen LogP contribution in [0.2, 0.25) is 0 Å². The third kappa shape index (κ3) is 3.57. The average molecular weight is 323 g/mol. The molecular weight excluding hydrogens is 307 g/mol. The smallest absolute Gasteiger partial charge is 0.123 e. The van der Waals surface area contributed by atoms with Crippen LogP contribution in [0.5, 0.6) is 5.75 Å². The molecule has 100 valence electrons. The normalized spacial score (nSPS) is 12.2. The number of alkyl halides is 1. The van der Waals surface area contributed by atoms with Gasteiger partial charge in [-0.3, -0.25) is 0 Å². The molecule has 2 aromatic carbocycles. The van der Waals surface area contributed by atoms with Gasteiger partial charge in [-0.1, -0.05) is 45.8 Å². The van der Waals surface area contributed by atoms with E-state index in [0.29, 0.717) is 0 Å². The fraction of sp³-hybridized carbons (Fsp3) is 0.250. The van der Waals surface area contributed by atoms with E-state index in [1.807, 2.05) is 24.3 Å². The van der Waals surface area contributed by atoms with Crippen molar-refractivity contribution in [2.45, 2.75) is 18.2 Å². The van der Waals surface area contributed by atoms with Crippen LogP contribution in [0, 0.1) is 12.7 Å². The van der Waals surface area contributed by atoms with Crippen molar-refractivity contribution in [1.82, 2.24) is 0 Å². The highest BCUT2D eigenvalue weighted by Crippen LogP contribution is 2.34. The average Bonchev–Trinajstić information content (AvgIpc) is 2.41. The second-order valence-electron chi connectivity index (χ2n) is 4.54. The summed E-state index contributed by atoms with van der Waals surface area (Å²) in [4.78, 5) is 0.146. The van der Waals surface area contributed by atoms with Gasteiger partial charge in [-0.25, -0.2) is 4.39 Å². The zero-order valence-electron chi connectivity index (χ0n) is 11.0. The molecule has 0 bridgehead atoms. The van der Waals surface area contributed by atoms with Crippen LogP contribution in [-0.4, -0.2) is 7.11 Å². The Morgan fingerprint density at radius 3 is 2.47 bits per heavy atom. The van der Waals surface area contributed by atoms with Crippen molar-refractivity contribution in [1.29, 1.82) is 0 Å². The van der Waals surface area contributed by atoms with Crippen molar-refractivity contribution in [3.8, 4) is 5.75 Å². The van der Waals surface area contributed by atoms with Gasteiger partial charge >= 0.3 is 0 Å². The Morgan fingerprint density at radius 1 is 1.16 bits per heavy atom. The fourth-order valence-corrected chi connectivity index (χ4v) is 2.77. The largest absolute Gasteiger partial charge is 0.496 e. The molecule has 3 heteroatoms. The van der Waals surface area contributed by atoms with Crippen LogP contribution in [0.15, 0.2) is 42.5 Å². The summed E-state index contributed by atoms with van der Waals surface area (Å²) < 4.78 is 18.3. The number of benzene rings is 2. The van der Waals surface area contributed by atoms with Crippen molar-refractivity contribution < 1.29 is 9.13 Å². The number of hydrogen-bond donors (Lipinski definition) is 0. The molecule has 0 saturated heterocycles. The number of methoxy groups -OCH3 is 1. The van der Waals surface area contributed by atoms with Gasteiger partial charge in [0.2, 0.25) is 0 Å². The van der Waals surface area contributed by atoms with Gasteiger partial charge in [0.15, 0.2) is 0 Å². The van der Waals surface area contributed by atoms with Crippen LogP contribution < -0.4 is 4.74 Å². The standard InChI is InChI=1S/C16H16BrFO/c1-11-3-8-16(19-2)14(9-11)15(17)10-12-4-6-13(18)7-5-12/h3-9,15H,10H2,1-2H3. The van der Waals surface area contributed by atoms with Crippen LogP contribution in [0.1, 0.15) is 21.5 Å². The number of ether oxygens (including phenoxy) is 1. The van der Waals surface area contributed by atoms with Crippen LogP contribution in [-0.2, 0) is 6.42 Å². The fourth-order valence-electron chi connectivity index (χ4n) is 2.04. The van der Waals surface area contributed by atoms with Gasteiger partial charge in [-0.05, 0) is 37.1 Å². The minimum atomic E-state index is -0.206. The lowest BCUT2D eigenvalue weighted by molar-refractivity contribution is 0.409. The minimum absolute atomic E-state index is 0.146. The van der Waals surface area contributed by atoms with E-state index < -0.39 is 0 Å². The van der Waals surface area contributed by atoms with Gasteiger partial charge in [0, 0.05) is 10.4 Å². The Hall–Kier alpha value is -1.35. The maximum atomic E-state index is 12.9. The van der Waals surface area contributed by atoms with E-state index in [1.54, 1.807) is 7.11 Å². The SMILES string of the molecule is COc1ccc(C)cc1C(Br)Cc1ccc(F)cc1. The molecule has 19 heavy (non-hydrogen) atoms. The summed E-state index contributed by atoms with van der Waals surface area (Å²) in [5.41, 5.74) is 3.40. The third-order valence-corrected chi connectivity index (χ3v) is 3.87. The summed E-state index contributed by atoms with van der Waals surface area (Å²) in [6.07, 6.45) is 0.792. The lowest BCUT2D eigenvalue weighted by atomic mass is 10.0. The second-order valence-corrected chi connectivity index (χ2v) is 5.65. The van der Waals surface area contributed by atoms with Gasteiger partial charge in [0.25, 0.3) is 0 Å². The highest BCUT2D eigenvalue weighted by atomic mass is 79.9. The van der Waals surface area contributed by atoms with Crippen molar-refractivity contribution in [3.05, 3.63) is 65.0 Å². The maximum Gasteiger partial charge on any atom is 0.123 e. The Labute approximate surface area is 121 Å². The van der Waals surface area contributed by atoms with Crippen molar-refractivity contribution in [2.24, 2.45) is 0 Å². The van der Waals surface area contributed by atoms with Crippen molar-refractivity contribution in [3.63, 3.8) is 0 Å². The van der Waals surface area contributed by atoms with Gasteiger partial charge in [-0.15, -0.1) is 0 Å². The number of hydrogen-bond acceptors (Lipinski definition) is 1. The Balaban J connectivity index is 2.21. The lowest BCUT2D eigenvalue weighted by Crippen LogP contribution is -1.99. The van der Waals surface area contributed by atoms with Crippen molar-refractivity contribution in [2.75, 3.05) is 7.11 Å². The molecule has 1 atom stereocenters. The van der Waals surface area contributed by atoms with Crippen LogP contribution in [0.4, 0.5) is 4.39 Å². The monoisotopic (exact) mass is 322 g/mol. The zero-order valence-corrected chi connectivity index (χ0v) is 12.6. The molecule has 0 N–H and O–H groups in total. The van der Waals surface area contributed by atoms with E-state index in [9.17, 15) is 4.39 Å². The molecule has 0 radical (unpaired) electrons. The molecule has 1 nitrogen and oxygen atoms in total. The van der Waals surface area contributed by atoms with E-state index >= 15 is 0 Å². The van der Waals surface area contributed by atoms with Gasteiger partial charge < -0.3 is 4.74 Å². The molecule has 0 heterocycles. The maximum absolute atomic E-state index is 12.9. The molecule has 2 aromatic rings. The third-order valence-electron chi connectivity index (χ3n) is 3.05. The molecule has 0 saturated carbocycles. The van der Waals surface area contributed by atoms with E-state index in [-0.39, 0.29) is 10.6 Å². The lowest BCUT2D eigenvalue weighted by Gasteiger charge is -2.15. The highest BCUT2D eigenvalue weighted by molar-refractivity contribution is 9.09. The molecule has 0 aliphatic rings. The van der Waals surface area contributed by atoms with Crippen LogP contribution >= 0.6 is 15.9 Å². The molecular formula is C16H16BrFO. The molecule has 0 aliphatic heterocycles. The second kappa shape index (κ2) is 6.20. The molecule has 0 aliphatic carbocycles. The summed E-state index contributed by atoms with van der Waals surface area (Å²) in [6.45, 7) is 2.06. The van der Waals surface area contributed by atoms with E-state index in [2.05, 4.69) is 28.9 Å². The highest BCUT2D eigenvalue weighted by Gasteiger charge is 2.14. The minimum Gasteiger partial charge on any atom is -0.496 e. The predicted molar refractivity (Wildman–Crippen MR) is 79.5 cm³/mol. The Bertz CT molecular complexity index is 551. The van der Waals surface area contributed by atoms with Crippen LogP contribution in [0.3, 0.4) is 0 Å². The first-order valence-corrected chi connectivity index (χ1v) is 7.05. The molecule has 2 rings (SSSR count).